The van der Waals surface area contributed by atoms with Crippen LogP contribution in [-0.2, 0) is 11.2 Å². The van der Waals surface area contributed by atoms with Crippen LogP contribution in [0.1, 0.15) is 18.4 Å². The molecule has 0 unspecified atom stereocenters. The van der Waals surface area contributed by atoms with Crippen molar-refractivity contribution < 1.29 is 14.3 Å². The molecule has 0 aromatic heterocycles. The van der Waals surface area contributed by atoms with Gasteiger partial charge in [0.2, 0.25) is 5.91 Å². The van der Waals surface area contributed by atoms with Crippen LogP contribution in [0.5, 0.6) is 11.5 Å². The van der Waals surface area contributed by atoms with Gasteiger partial charge in [-0.2, -0.15) is 0 Å². The number of amides is 1. The van der Waals surface area contributed by atoms with Gasteiger partial charge in [0.25, 0.3) is 0 Å². The molecule has 0 radical (unpaired) electrons. The quantitative estimate of drug-likeness (QED) is 0.651. The number of benzene rings is 2. The van der Waals surface area contributed by atoms with Crippen LogP contribution in [-0.4, -0.2) is 33.2 Å². The summed E-state index contributed by atoms with van der Waals surface area (Å²) < 4.78 is 10.4. The Balaban J connectivity index is 1.67. The van der Waals surface area contributed by atoms with Crippen molar-refractivity contribution in [3.63, 3.8) is 0 Å². The summed E-state index contributed by atoms with van der Waals surface area (Å²) in [5.41, 5.74) is 1.96. The number of carbonyl (C=O) groups is 1. The normalized spacial score (nSPS) is 10.3. The SMILES string of the molecule is COc1ccc(OC)c(NC(=O)CCNCCCc2ccccc2)c1. The van der Waals surface area contributed by atoms with Crippen LogP contribution in [0.3, 0.4) is 0 Å². The van der Waals surface area contributed by atoms with Gasteiger partial charge in [0.1, 0.15) is 11.5 Å². The zero-order valence-corrected chi connectivity index (χ0v) is 14.9. The third kappa shape index (κ3) is 6.47. The number of rotatable bonds is 10. The molecule has 5 heteroatoms. The number of carbonyl (C=O) groups excluding carboxylic acids is 1. The van der Waals surface area contributed by atoms with Gasteiger partial charge < -0.3 is 20.1 Å². The van der Waals surface area contributed by atoms with Gasteiger partial charge >= 0.3 is 0 Å². The highest BCUT2D eigenvalue weighted by Gasteiger charge is 2.08. The van der Waals surface area contributed by atoms with Gasteiger partial charge in [0, 0.05) is 19.0 Å². The zero-order chi connectivity index (χ0) is 17.9. The van der Waals surface area contributed by atoms with Crippen molar-refractivity contribution in [1.29, 1.82) is 0 Å². The van der Waals surface area contributed by atoms with Crippen molar-refractivity contribution >= 4 is 11.6 Å². The van der Waals surface area contributed by atoms with Gasteiger partial charge in [0.05, 0.1) is 19.9 Å². The Kier molecular flexibility index (Phi) is 7.79. The average Bonchev–Trinajstić information content (AvgIpc) is 2.65. The van der Waals surface area contributed by atoms with E-state index in [1.54, 1.807) is 32.4 Å². The molecule has 2 N–H and O–H groups in total. The fourth-order valence-corrected chi connectivity index (χ4v) is 2.51. The molecule has 0 aliphatic heterocycles. The van der Waals surface area contributed by atoms with Crippen molar-refractivity contribution in [3.8, 4) is 11.5 Å². The molecular weight excluding hydrogens is 316 g/mol. The van der Waals surface area contributed by atoms with Crippen LogP contribution in [0.2, 0.25) is 0 Å². The lowest BCUT2D eigenvalue weighted by Gasteiger charge is -2.12. The molecule has 1 amide bonds. The van der Waals surface area contributed by atoms with E-state index in [1.165, 1.54) is 5.56 Å². The van der Waals surface area contributed by atoms with Crippen molar-refractivity contribution in [2.24, 2.45) is 0 Å². The molecule has 0 aliphatic rings. The predicted molar refractivity (Wildman–Crippen MR) is 100 cm³/mol. The van der Waals surface area contributed by atoms with Gasteiger partial charge in [-0.15, -0.1) is 0 Å². The fraction of sp³-hybridized carbons (Fsp3) is 0.350. The Hall–Kier alpha value is -2.53. The molecule has 0 bridgehead atoms. The summed E-state index contributed by atoms with van der Waals surface area (Å²) in [4.78, 5) is 12.1. The van der Waals surface area contributed by atoms with Gasteiger partial charge in [0.15, 0.2) is 0 Å². The monoisotopic (exact) mass is 342 g/mol. The predicted octanol–water partition coefficient (Wildman–Crippen LogP) is 3.25. The molecule has 25 heavy (non-hydrogen) atoms. The van der Waals surface area contributed by atoms with E-state index in [-0.39, 0.29) is 5.91 Å². The second kappa shape index (κ2) is 10.4. The van der Waals surface area contributed by atoms with Gasteiger partial charge in [-0.3, -0.25) is 4.79 Å². The van der Waals surface area contributed by atoms with E-state index in [0.717, 1.165) is 19.4 Å². The molecule has 0 saturated heterocycles. The second-order valence-electron chi connectivity index (χ2n) is 5.70. The smallest absolute Gasteiger partial charge is 0.225 e. The first-order valence-electron chi connectivity index (χ1n) is 8.49. The Bertz CT molecular complexity index is 659. The van der Waals surface area contributed by atoms with Crippen LogP contribution < -0.4 is 20.1 Å². The summed E-state index contributed by atoms with van der Waals surface area (Å²) in [6.07, 6.45) is 2.50. The summed E-state index contributed by atoms with van der Waals surface area (Å²) in [6.45, 7) is 1.54. The van der Waals surface area contributed by atoms with Gasteiger partial charge in [-0.1, -0.05) is 30.3 Å². The van der Waals surface area contributed by atoms with Crippen LogP contribution in [0.15, 0.2) is 48.5 Å². The molecule has 134 valence electrons. The lowest BCUT2D eigenvalue weighted by atomic mass is 10.1. The molecule has 2 rings (SSSR count). The Labute approximate surface area is 149 Å². The van der Waals surface area contributed by atoms with Crippen LogP contribution in [0, 0.1) is 0 Å². The highest BCUT2D eigenvalue weighted by Crippen LogP contribution is 2.28. The van der Waals surface area contributed by atoms with Crippen LogP contribution in [0.4, 0.5) is 5.69 Å². The Morgan fingerprint density at radius 1 is 1.00 bits per heavy atom. The summed E-state index contributed by atoms with van der Waals surface area (Å²) in [5.74, 6) is 1.24. The number of anilines is 1. The van der Waals surface area contributed by atoms with Crippen molar-refractivity contribution in [2.75, 3.05) is 32.6 Å². The maximum Gasteiger partial charge on any atom is 0.225 e. The molecule has 0 fully saturated rings. The first-order valence-corrected chi connectivity index (χ1v) is 8.49. The van der Waals surface area contributed by atoms with E-state index >= 15 is 0 Å². The minimum Gasteiger partial charge on any atom is -0.497 e. The van der Waals surface area contributed by atoms with Crippen molar-refractivity contribution in [1.82, 2.24) is 5.32 Å². The number of ether oxygens (including phenoxy) is 2. The highest BCUT2D eigenvalue weighted by molar-refractivity contribution is 5.92. The molecule has 0 atom stereocenters. The molecule has 0 saturated carbocycles. The standard InChI is InChI=1S/C20H26N2O3/c1-24-17-10-11-19(25-2)18(15-17)22-20(23)12-14-21-13-6-9-16-7-4-3-5-8-16/h3-5,7-8,10-11,15,21H,6,9,12-14H2,1-2H3,(H,22,23). The maximum atomic E-state index is 12.1. The largest absolute Gasteiger partial charge is 0.497 e. The molecule has 5 nitrogen and oxygen atoms in total. The van der Waals surface area contributed by atoms with Crippen LogP contribution in [0.25, 0.3) is 0 Å². The molecule has 2 aromatic carbocycles. The molecule has 0 heterocycles. The Morgan fingerprint density at radius 3 is 2.52 bits per heavy atom. The Morgan fingerprint density at radius 2 is 1.80 bits per heavy atom. The minimum atomic E-state index is -0.0536. The summed E-state index contributed by atoms with van der Waals surface area (Å²) >= 11 is 0. The van der Waals surface area contributed by atoms with Crippen molar-refractivity contribution in [3.05, 3.63) is 54.1 Å². The summed E-state index contributed by atoms with van der Waals surface area (Å²) in [6, 6.07) is 15.7. The van der Waals surface area contributed by atoms with E-state index < -0.39 is 0 Å². The molecule has 2 aromatic rings. The number of nitrogens with one attached hydrogen (secondary N) is 2. The molecular formula is C20H26N2O3. The lowest BCUT2D eigenvalue weighted by molar-refractivity contribution is -0.116. The minimum absolute atomic E-state index is 0.0536. The van der Waals surface area contributed by atoms with Crippen LogP contribution >= 0.6 is 0 Å². The third-order valence-electron chi connectivity index (χ3n) is 3.87. The number of aryl methyl sites for hydroxylation is 1. The topological polar surface area (TPSA) is 59.6 Å². The zero-order valence-electron chi connectivity index (χ0n) is 14.9. The third-order valence-corrected chi connectivity index (χ3v) is 3.87. The van der Waals surface area contributed by atoms with E-state index in [1.807, 2.05) is 6.07 Å². The fourth-order valence-electron chi connectivity index (χ4n) is 2.51. The second-order valence-corrected chi connectivity index (χ2v) is 5.70. The van der Waals surface area contributed by atoms with Gasteiger partial charge in [-0.05, 0) is 37.1 Å². The van der Waals surface area contributed by atoms with E-state index in [0.29, 0.717) is 30.2 Å². The molecule has 0 spiro atoms. The van der Waals surface area contributed by atoms with E-state index in [4.69, 9.17) is 9.47 Å². The molecule has 0 aliphatic carbocycles. The van der Waals surface area contributed by atoms with Gasteiger partial charge in [-0.25, -0.2) is 0 Å². The van der Waals surface area contributed by atoms with E-state index in [2.05, 4.69) is 34.9 Å². The number of hydrogen-bond acceptors (Lipinski definition) is 4. The highest BCUT2D eigenvalue weighted by atomic mass is 16.5. The number of methoxy groups -OCH3 is 2. The van der Waals surface area contributed by atoms with Crippen molar-refractivity contribution in [2.45, 2.75) is 19.3 Å². The maximum absolute atomic E-state index is 12.1. The average molecular weight is 342 g/mol. The first kappa shape index (κ1) is 18.8. The summed E-state index contributed by atoms with van der Waals surface area (Å²) in [7, 11) is 3.17. The summed E-state index contributed by atoms with van der Waals surface area (Å²) in [5, 5.41) is 6.18. The lowest BCUT2D eigenvalue weighted by Crippen LogP contribution is -2.23. The number of hydrogen-bond donors (Lipinski definition) is 2. The van der Waals surface area contributed by atoms with E-state index in [9.17, 15) is 4.79 Å². The first-order chi connectivity index (χ1) is 12.2.